The fourth-order valence-electron chi connectivity index (χ4n) is 3.95. The van der Waals surface area contributed by atoms with Crippen LogP contribution in [0.4, 0.5) is 0 Å². The second-order valence-corrected chi connectivity index (χ2v) is 7.81. The zero-order chi connectivity index (χ0) is 22.5. The van der Waals surface area contributed by atoms with Crippen LogP contribution < -0.4 is 10.9 Å². The van der Waals surface area contributed by atoms with E-state index in [1.54, 1.807) is 34.3 Å². The third-order valence-corrected chi connectivity index (χ3v) is 5.67. The van der Waals surface area contributed by atoms with Gasteiger partial charge in [-0.15, -0.1) is 0 Å². The van der Waals surface area contributed by atoms with E-state index in [4.69, 9.17) is 0 Å². The maximum atomic E-state index is 13.3. The van der Waals surface area contributed by atoms with Crippen molar-refractivity contribution >= 4 is 11.8 Å². The molecule has 0 saturated carbocycles. The summed E-state index contributed by atoms with van der Waals surface area (Å²) in [6, 6.07) is 9.89. The number of fused-ring (bicyclic) bond motifs is 1. The predicted octanol–water partition coefficient (Wildman–Crippen LogP) is 1.72. The molecule has 0 fully saturated rings. The Hall–Kier alpha value is -3.81. The first kappa shape index (κ1) is 21.4. The number of pyridine rings is 1. The molecule has 8 nitrogen and oxygen atoms in total. The number of hydrogen-bond acceptors (Lipinski definition) is 5. The van der Waals surface area contributed by atoms with E-state index in [9.17, 15) is 14.4 Å². The van der Waals surface area contributed by atoms with Crippen molar-refractivity contribution in [3.8, 4) is 0 Å². The average molecular weight is 431 g/mol. The molecule has 3 heterocycles. The van der Waals surface area contributed by atoms with Gasteiger partial charge in [-0.25, -0.2) is 0 Å². The number of nitrogens with zero attached hydrogens (tertiary/aromatic N) is 4. The third kappa shape index (κ3) is 4.74. The monoisotopic (exact) mass is 431 g/mol. The molecule has 0 aliphatic carbocycles. The molecule has 0 spiro atoms. The Kier molecular flexibility index (Phi) is 6.39. The summed E-state index contributed by atoms with van der Waals surface area (Å²) in [5.74, 6) is -0.450. The molecule has 3 aromatic rings. The second-order valence-electron chi connectivity index (χ2n) is 7.81. The van der Waals surface area contributed by atoms with Crippen LogP contribution in [0.5, 0.6) is 0 Å². The molecule has 4 rings (SSSR count). The van der Waals surface area contributed by atoms with Gasteiger partial charge < -0.3 is 14.8 Å². The molecular formula is C24H25N5O3. The van der Waals surface area contributed by atoms with E-state index < -0.39 is 5.91 Å². The lowest BCUT2D eigenvalue weighted by Crippen LogP contribution is -2.40. The van der Waals surface area contributed by atoms with Crippen molar-refractivity contribution in [1.29, 1.82) is 0 Å². The number of rotatable bonds is 6. The minimum Gasteiger partial charge on any atom is -0.346 e. The number of hydrogen-bond donors (Lipinski definition) is 1. The van der Waals surface area contributed by atoms with Crippen molar-refractivity contribution in [3.05, 3.63) is 93.4 Å². The largest absolute Gasteiger partial charge is 0.346 e. The quantitative estimate of drug-likeness (QED) is 0.641. The zero-order valence-electron chi connectivity index (χ0n) is 18.0. The first-order valence-electron chi connectivity index (χ1n) is 10.6. The molecule has 1 aromatic carbocycles. The SMILES string of the molecule is CC(=O)N1CCc2c(cn(CCc3ccccc3)c(=O)c2C(=O)NCc2cnccn2)C1. The Morgan fingerprint density at radius 3 is 2.69 bits per heavy atom. The molecule has 164 valence electrons. The molecule has 0 unspecified atom stereocenters. The van der Waals surface area contributed by atoms with Gasteiger partial charge in [0.05, 0.1) is 18.4 Å². The summed E-state index contributed by atoms with van der Waals surface area (Å²) in [4.78, 5) is 48.2. The Labute approximate surface area is 185 Å². The molecule has 8 heteroatoms. The second kappa shape index (κ2) is 9.55. The van der Waals surface area contributed by atoms with Crippen molar-refractivity contribution in [2.75, 3.05) is 6.54 Å². The first-order valence-corrected chi connectivity index (χ1v) is 10.6. The van der Waals surface area contributed by atoms with Crippen LogP contribution in [-0.2, 0) is 37.3 Å². The lowest BCUT2D eigenvalue weighted by Gasteiger charge is -2.29. The maximum Gasteiger partial charge on any atom is 0.263 e. The van der Waals surface area contributed by atoms with Crippen LogP contribution in [0.15, 0.2) is 59.9 Å². The standard InChI is InChI=1S/C24H25N5O3/c1-17(30)28-12-8-21-19(15-28)16-29(11-7-18-5-3-2-4-6-18)24(32)22(21)23(31)27-14-20-13-25-9-10-26-20/h2-6,9-10,13,16H,7-8,11-12,14-15H2,1H3,(H,27,31). The summed E-state index contributed by atoms with van der Waals surface area (Å²) in [6.07, 6.45) is 7.62. The smallest absolute Gasteiger partial charge is 0.263 e. The molecule has 0 atom stereocenters. The van der Waals surface area contributed by atoms with Gasteiger partial charge in [-0.1, -0.05) is 30.3 Å². The summed E-state index contributed by atoms with van der Waals surface area (Å²) in [7, 11) is 0. The predicted molar refractivity (Wildman–Crippen MR) is 119 cm³/mol. The van der Waals surface area contributed by atoms with E-state index in [0.29, 0.717) is 38.2 Å². The zero-order valence-corrected chi connectivity index (χ0v) is 18.0. The van der Waals surface area contributed by atoms with Gasteiger partial charge in [-0.2, -0.15) is 0 Å². The summed E-state index contributed by atoms with van der Waals surface area (Å²) in [5, 5.41) is 2.81. The van der Waals surface area contributed by atoms with Crippen LogP contribution >= 0.6 is 0 Å². The van der Waals surface area contributed by atoms with Crippen molar-refractivity contribution < 1.29 is 9.59 Å². The van der Waals surface area contributed by atoms with Crippen molar-refractivity contribution in [2.24, 2.45) is 0 Å². The van der Waals surface area contributed by atoms with Crippen LogP contribution in [0.3, 0.4) is 0 Å². The van der Waals surface area contributed by atoms with Crippen molar-refractivity contribution in [2.45, 2.75) is 39.4 Å². The van der Waals surface area contributed by atoms with E-state index in [1.807, 2.05) is 30.3 Å². The van der Waals surface area contributed by atoms with E-state index >= 15 is 0 Å². The molecule has 32 heavy (non-hydrogen) atoms. The molecule has 2 amide bonds. The summed E-state index contributed by atoms with van der Waals surface area (Å²) in [6.45, 7) is 3.03. The molecular weight excluding hydrogens is 406 g/mol. The molecule has 2 aromatic heterocycles. The minimum absolute atomic E-state index is 0.0219. The molecule has 0 radical (unpaired) electrons. The molecule has 1 aliphatic rings. The van der Waals surface area contributed by atoms with Gasteiger partial charge in [-0.05, 0) is 29.5 Å². The highest BCUT2D eigenvalue weighted by atomic mass is 16.2. The number of amides is 2. The van der Waals surface area contributed by atoms with E-state index in [1.165, 1.54) is 6.92 Å². The minimum atomic E-state index is -0.428. The fourth-order valence-corrected chi connectivity index (χ4v) is 3.95. The van der Waals surface area contributed by atoms with Gasteiger partial charge in [0.25, 0.3) is 11.5 Å². The molecule has 1 N–H and O–H groups in total. The highest BCUT2D eigenvalue weighted by Crippen LogP contribution is 2.21. The number of nitrogens with one attached hydrogen (secondary N) is 1. The van der Waals surface area contributed by atoms with Crippen LogP contribution in [0, 0.1) is 0 Å². The van der Waals surface area contributed by atoms with Gasteiger partial charge in [0, 0.05) is 45.1 Å². The van der Waals surface area contributed by atoms with Crippen LogP contribution in [0.1, 0.15) is 39.7 Å². The van der Waals surface area contributed by atoms with Crippen LogP contribution in [0.25, 0.3) is 0 Å². The van der Waals surface area contributed by atoms with E-state index in [0.717, 1.165) is 16.7 Å². The Balaban J connectivity index is 1.65. The van der Waals surface area contributed by atoms with E-state index in [2.05, 4.69) is 15.3 Å². The third-order valence-electron chi connectivity index (χ3n) is 5.67. The lowest BCUT2D eigenvalue weighted by atomic mass is 9.95. The van der Waals surface area contributed by atoms with Crippen LogP contribution in [-0.4, -0.2) is 37.8 Å². The number of carbonyl (C=O) groups excluding carboxylic acids is 2. The number of benzene rings is 1. The van der Waals surface area contributed by atoms with Gasteiger partial charge in [-0.3, -0.25) is 24.4 Å². The Bertz CT molecular complexity index is 1180. The van der Waals surface area contributed by atoms with Gasteiger partial charge >= 0.3 is 0 Å². The molecule has 0 saturated heterocycles. The highest BCUT2D eigenvalue weighted by molar-refractivity contribution is 5.95. The Morgan fingerprint density at radius 2 is 1.97 bits per heavy atom. The number of carbonyl (C=O) groups is 2. The van der Waals surface area contributed by atoms with Crippen LogP contribution in [0.2, 0.25) is 0 Å². The van der Waals surface area contributed by atoms with Gasteiger partial charge in [0.1, 0.15) is 5.56 Å². The maximum absolute atomic E-state index is 13.3. The summed E-state index contributed by atoms with van der Waals surface area (Å²) in [5.41, 5.74) is 3.12. The topological polar surface area (TPSA) is 97.2 Å². The summed E-state index contributed by atoms with van der Waals surface area (Å²) < 4.78 is 1.59. The van der Waals surface area contributed by atoms with Gasteiger partial charge in [0.2, 0.25) is 5.91 Å². The van der Waals surface area contributed by atoms with E-state index in [-0.39, 0.29) is 23.6 Å². The first-order chi connectivity index (χ1) is 15.5. The fraction of sp³-hybridized carbons (Fsp3) is 0.292. The van der Waals surface area contributed by atoms with Crippen molar-refractivity contribution in [1.82, 2.24) is 24.8 Å². The number of aryl methyl sites for hydroxylation is 2. The van der Waals surface area contributed by atoms with Gasteiger partial charge in [0.15, 0.2) is 0 Å². The molecule has 1 aliphatic heterocycles. The average Bonchev–Trinajstić information content (AvgIpc) is 2.82. The highest BCUT2D eigenvalue weighted by Gasteiger charge is 2.27. The number of aromatic nitrogens is 3. The Morgan fingerprint density at radius 1 is 1.16 bits per heavy atom. The molecule has 0 bridgehead atoms. The summed E-state index contributed by atoms with van der Waals surface area (Å²) >= 11 is 0. The van der Waals surface area contributed by atoms with Crippen molar-refractivity contribution in [3.63, 3.8) is 0 Å². The normalized spacial score (nSPS) is 12.8. The lowest BCUT2D eigenvalue weighted by molar-refractivity contribution is -0.129.